The molecule has 1 N–H and O–H groups in total. The number of piperazine rings is 1. The third-order valence-electron chi connectivity index (χ3n) is 4.71. The Balaban J connectivity index is 0.00000300. The topological polar surface area (TPSA) is 75.4 Å². The first kappa shape index (κ1) is 23.3. The second-order valence-electron chi connectivity index (χ2n) is 6.76. The van der Waals surface area contributed by atoms with Gasteiger partial charge in [-0.3, -0.25) is 9.89 Å². The molecule has 1 fully saturated rings. The number of hydrogen-bond donors (Lipinski definition) is 1. The summed E-state index contributed by atoms with van der Waals surface area (Å²) in [4.78, 5) is 9.07. The lowest BCUT2D eigenvalue weighted by Gasteiger charge is -2.36. The van der Waals surface area contributed by atoms with Crippen molar-refractivity contribution in [2.24, 2.45) is 4.99 Å². The molecule has 0 amide bonds. The molecule has 1 aliphatic heterocycles. The predicted octanol–water partition coefficient (Wildman–Crippen LogP) is 2.46. The summed E-state index contributed by atoms with van der Waals surface area (Å²) in [7, 11) is 3.46. The predicted molar refractivity (Wildman–Crippen MR) is 123 cm³/mol. The van der Waals surface area contributed by atoms with Crippen molar-refractivity contribution in [3.63, 3.8) is 0 Å². The lowest BCUT2D eigenvalue weighted by atomic mass is 10.3. The SMILES string of the molecule is CN=C(NCC(C)Oc1ccccc1OC)N1CCN(Cc2ccon2)CC1.I. The standard InChI is InChI=1S/C20H29N5O3.HI/c1-16(28-19-7-5-4-6-18(19)26-3)14-22-20(21-2)25-11-9-24(10-12-25)15-17-8-13-27-23-17;/h4-8,13,16H,9-12,14-15H2,1-3H3,(H,21,22);1H. The minimum absolute atomic E-state index is 0. The van der Waals surface area contributed by atoms with Gasteiger partial charge < -0.3 is 24.2 Å². The quantitative estimate of drug-likeness (QED) is 0.345. The van der Waals surface area contributed by atoms with Gasteiger partial charge in [0.15, 0.2) is 17.5 Å². The molecule has 0 radical (unpaired) electrons. The zero-order valence-electron chi connectivity index (χ0n) is 17.2. The fourth-order valence-electron chi connectivity index (χ4n) is 3.21. The lowest BCUT2D eigenvalue weighted by Crippen LogP contribution is -2.53. The molecule has 29 heavy (non-hydrogen) atoms. The minimum atomic E-state index is -0.0264. The summed E-state index contributed by atoms with van der Waals surface area (Å²) in [5.41, 5.74) is 0.971. The van der Waals surface area contributed by atoms with Gasteiger partial charge >= 0.3 is 0 Å². The summed E-state index contributed by atoms with van der Waals surface area (Å²) < 4.78 is 16.3. The van der Waals surface area contributed by atoms with Crippen LogP contribution in [-0.4, -0.2) is 73.9 Å². The van der Waals surface area contributed by atoms with E-state index in [1.807, 2.05) is 44.3 Å². The van der Waals surface area contributed by atoms with Gasteiger partial charge in [0.05, 0.1) is 19.3 Å². The van der Waals surface area contributed by atoms with E-state index >= 15 is 0 Å². The fraction of sp³-hybridized carbons (Fsp3) is 0.500. The Labute approximate surface area is 189 Å². The van der Waals surface area contributed by atoms with Crippen LogP contribution in [0.25, 0.3) is 0 Å². The third-order valence-corrected chi connectivity index (χ3v) is 4.71. The number of aromatic nitrogens is 1. The van der Waals surface area contributed by atoms with Gasteiger partial charge in [0, 0.05) is 45.8 Å². The Bertz CT molecular complexity index is 748. The molecule has 1 aromatic carbocycles. The highest BCUT2D eigenvalue weighted by Gasteiger charge is 2.20. The van der Waals surface area contributed by atoms with Crippen LogP contribution in [0.3, 0.4) is 0 Å². The third kappa shape index (κ3) is 6.77. The lowest BCUT2D eigenvalue weighted by molar-refractivity contribution is 0.166. The first-order valence-corrected chi connectivity index (χ1v) is 9.56. The van der Waals surface area contributed by atoms with Crippen LogP contribution in [0.1, 0.15) is 12.6 Å². The van der Waals surface area contributed by atoms with E-state index in [9.17, 15) is 0 Å². The molecule has 2 heterocycles. The summed E-state index contributed by atoms with van der Waals surface area (Å²) in [6.45, 7) is 7.26. The largest absolute Gasteiger partial charge is 0.493 e. The number of benzene rings is 1. The molecular weight excluding hydrogens is 485 g/mol. The Morgan fingerprint density at radius 1 is 1.21 bits per heavy atom. The van der Waals surface area contributed by atoms with Crippen molar-refractivity contribution >= 4 is 29.9 Å². The van der Waals surface area contributed by atoms with Crippen molar-refractivity contribution < 1.29 is 14.0 Å². The number of nitrogens with one attached hydrogen (secondary N) is 1. The second kappa shape index (κ2) is 11.9. The highest BCUT2D eigenvalue weighted by atomic mass is 127. The smallest absolute Gasteiger partial charge is 0.193 e. The maximum atomic E-state index is 6.01. The number of para-hydroxylation sites is 2. The highest BCUT2D eigenvalue weighted by molar-refractivity contribution is 14.0. The van der Waals surface area contributed by atoms with E-state index < -0.39 is 0 Å². The van der Waals surface area contributed by atoms with Crippen molar-refractivity contribution in [3.05, 3.63) is 42.3 Å². The van der Waals surface area contributed by atoms with Gasteiger partial charge in [-0.15, -0.1) is 24.0 Å². The Hall–Kier alpha value is -2.01. The van der Waals surface area contributed by atoms with E-state index in [4.69, 9.17) is 14.0 Å². The summed E-state index contributed by atoms with van der Waals surface area (Å²) in [6, 6.07) is 9.59. The molecule has 3 rings (SSSR count). The van der Waals surface area contributed by atoms with Gasteiger partial charge in [-0.1, -0.05) is 17.3 Å². The number of nitrogens with zero attached hydrogens (tertiary/aromatic N) is 4. The maximum absolute atomic E-state index is 6.01. The van der Waals surface area contributed by atoms with Gasteiger partial charge in [0.25, 0.3) is 0 Å². The van der Waals surface area contributed by atoms with Crippen LogP contribution in [0.15, 0.2) is 46.1 Å². The van der Waals surface area contributed by atoms with Gasteiger partial charge in [-0.2, -0.15) is 0 Å². The molecule has 1 atom stereocenters. The molecule has 160 valence electrons. The van der Waals surface area contributed by atoms with Crippen LogP contribution in [0.5, 0.6) is 11.5 Å². The van der Waals surface area contributed by atoms with E-state index in [-0.39, 0.29) is 30.1 Å². The zero-order chi connectivity index (χ0) is 19.8. The summed E-state index contributed by atoms with van der Waals surface area (Å²) >= 11 is 0. The Kier molecular flexibility index (Phi) is 9.52. The van der Waals surface area contributed by atoms with Crippen LogP contribution >= 0.6 is 24.0 Å². The van der Waals surface area contributed by atoms with Gasteiger partial charge in [-0.25, -0.2) is 0 Å². The molecule has 1 unspecified atom stereocenters. The number of ether oxygens (including phenoxy) is 2. The zero-order valence-corrected chi connectivity index (χ0v) is 19.5. The van der Waals surface area contributed by atoms with Gasteiger partial charge in [-0.05, 0) is 19.1 Å². The summed E-state index contributed by atoms with van der Waals surface area (Å²) in [5, 5.41) is 7.41. The molecule has 1 aliphatic rings. The van der Waals surface area contributed by atoms with Gasteiger partial charge in [0.2, 0.25) is 0 Å². The molecule has 1 saturated heterocycles. The monoisotopic (exact) mass is 515 g/mol. The van der Waals surface area contributed by atoms with Crippen LogP contribution in [0.4, 0.5) is 0 Å². The first-order valence-electron chi connectivity index (χ1n) is 9.56. The fourth-order valence-corrected chi connectivity index (χ4v) is 3.21. The second-order valence-corrected chi connectivity index (χ2v) is 6.76. The number of rotatable bonds is 7. The van der Waals surface area contributed by atoms with Crippen LogP contribution in [0, 0.1) is 0 Å². The highest BCUT2D eigenvalue weighted by Crippen LogP contribution is 2.26. The van der Waals surface area contributed by atoms with Crippen molar-refractivity contribution in [2.45, 2.75) is 19.6 Å². The molecule has 8 nitrogen and oxygen atoms in total. The van der Waals surface area contributed by atoms with Crippen molar-refractivity contribution in [1.29, 1.82) is 0 Å². The summed E-state index contributed by atoms with van der Waals surface area (Å²) in [5.74, 6) is 2.38. The molecule has 0 aliphatic carbocycles. The Morgan fingerprint density at radius 3 is 2.55 bits per heavy atom. The van der Waals surface area contributed by atoms with Crippen molar-refractivity contribution in [1.82, 2.24) is 20.3 Å². The average molecular weight is 515 g/mol. The Morgan fingerprint density at radius 2 is 1.93 bits per heavy atom. The number of halogens is 1. The van der Waals surface area contributed by atoms with Crippen molar-refractivity contribution in [3.8, 4) is 11.5 Å². The molecular formula is C20H30IN5O3. The molecule has 0 spiro atoms. The van der Waals surface area contributed by atoms with E-state index in [0.29, 0.717) is 6.54 Å². The molecule has 9 heteroatoms. The van der Waals surface area contributed by atoms with E-state index in [1.54, 1.807) is 13.4 Å². The maximum Gasteiger partial charge on any atom is 0.193 e. The van der Waals surface area contributed by atoms with E-state index in [2.05, 4.69) is 25.3 Å². The van der Waals surface area contributed by atoms with Crippen molar-refractivity contribution in [2.75, 3.05) is 46.9 Å². The molecule has 2 aromatic rings. The summed E-state index contributed by atoms with van der Waals surface area (Å²) in [6.07, 6.45) is 1.59. The van der Waals surface area contributed by atoms with Crippen LogP contribution < -0.4 is 14.8 Å². The van der Waals surface area contributed by atoms with Crippen LogP contribution in [-0.2, 0) is 6.54 Å². The van der Waals surface area contributed by atoms with E-state index in [0.717, 1.165) is 55.9 Å². The normalized spacial score (nSPS) is 16.1. The molecule has 0 bridgehead atoms. The average Bonchev–Trinajstić information content (AvgIpc) is 3.23. The molecule has 1 aromatic heterocycles. The van der Waals surface area contributed by atoms with E-state index in [1.165, 1.54) is 0 Å². The number of hydrogen-bond acceptors (Lipinski definition) is 6. The molecule has 0 saturated carbocycles. The van der Waals surface area contributed by atoms with Gasteiger partial charge in [0.1, 0.15) is 12.4 Å². The number of guanidine groups is 1. The van der Waals surface area contributed by atoms with Crippen LogP contribution in [0.2, 0.25) is 0 Å². The minimum Gasteiger partial charge on any atom is -0.493 e. The number of methoxy groups -OCH3 is 1. The number of aliphatic imine (C=N–C) groups is 1. The first-order chi connectivity index (χ1) is 13.7.